The van der Waals surface area contributed by atoms with Gasteiger partial charge in [-0.1, -0.05) is 60.8 Å². The highest BCUT2D eigenvalue weighted by molar-refractivity contribution is 5.10. The lowest BCUT2D eigenvalue weighted by molar-refractivity contribution is -0.142. The first-order valence-corrected chi connectivity index (χ1v) is 13.3. The van der Waals surface area contributed by atoms with Gasteiger partial charge in [-0.15, -0.1) is 0 Å². The first-order chi connectivity index (χ1) is 13.7. The van der Waals surface area contributed by atoms with Crippen molar-refractivity contribution in [2.75, 3.05) is 0 Å². The number of rotatable bonds is 5. The Morgan fingerprint density at radius 1 is 0.897 bits per heavy atom. The van der Waals surface area contributed by atoms with E-state index in [0.29, 0.717) is 16.7 Å². The summed E-state index contributed by atoms with van der Waals surface area (Å²) in [5.74, 6) is 6.92. The number of hydrogen-bond acceptors (Lipinski definition) is 1. The van der Waals surface area contributed by atoms with E-state index in [-0.39, 0.29) is 6.10 Å². The van der Waals surface area contributed by atoms with Crippen LogP contribution >= 0.6 is 0 Å². The largest absolute Gasteiger partial charge is 0.393 e. The summed E-state index contributed by atoms with van der Waals surface area (Å²) in [5, 5.41) is 10.5. The van der Waals surface area contributed by atoms with Crippen molar-refractivity contribution in [1.29, 1.82) is 0 Å². The molecule has 168 valence electrons. The van der Waals surface area contributed by atoms with Crippen molar-refractivity contribution in [3.63, 3.8) is 0 Å². The monoisotopic (exact) mass is 402 g/mol. The van der Waals surface area contributed by atoms with Crippen LogP contribution in [-0.4, -0.2) is 11.2 Å². The van der Waals surface area contributed by atoms with E-state index in [2.05, 4.69) is 41.5 Å². The number of aliphatic hydroxyl groups is 1. The van der Waals surface area contributed by atoms with Crippen molar-refractivity contribution in [3.8, 4) is 0 Å². The molecule has 0 unspecified atom stereocenters. The predicted molar refractivity (Wildman–Crippen MR) is 124 cm³/mol. The maximum atomic E-state index is 10.5. The van der Waals surface area contributed by atoms with Crippen LogP contribution in [0, 0.1) is 58.2 Å². The second kappa shape index (κ2) is 8.14. The molecular weight excluding hydrogens is 352 g/mol. The molecule has 29 heavy (non-hydrogen) atoms. The Morgan fingerprint density at radius 3 is 2.34 bits per heavy atom. The number of aliphatic hydroxyl groups excluding tert-OH is 1. The van der Waals surface area contributed by atoms with Gasteiger partial charge in [0.05, 0.1) is 6.10 Å². The van der Waals surface area contributed by atoms with Crippen LogP contribution in [0.4, 0.5) is 0 Å². The van der Waals surface area contributed by atoms with E-state index in [1.54, 1.807) is 0 Å². The van der Waals surface area contributed by atoms with Crippen molar-refractivity contribution in [3.05, 3.63) is 0 Å². The van der Waals surface area contributed by atoms with Crippen LogP contribution in [0.3, 0.4) is 0 Å². The highest BCUT2D eigenvalue weighted by atomic mass is 16.3. The molecule has 0 saturated heterocycles. The second-order valence-corrected chi connectivity index (χ2v) is 13.2. The molecule has 10 atom stereocenters. The van der Waals surface area contributed by atoms with Crippen LogP contribution in [0.1, 0.15) is 112 Å². The summed E-state index contributed by atoms with van der Waals surface area (Å²) in [5.41, 5.74) is 1.12. The number of hydrogen-bond donors (Lipinski definition) is 1. The number of fused-ring (bicyclic) bond motifs is 5. The Hall–Kier alpha value is -0.0400. The van der Waals surface area contributed by atoms with Gasteiger partial charge in [0, 0.05) is 0 Å². The Balaban J connectivity index is 1.47. The van der Waals surface area contributed by atoms with Crippen LogP contribution in [0.15, 0.2) is 0 Å². The maximum Gasteiger partial charge on any atom is 0.0568 e. The minimum Gasteiger partial charge on any atom is -0.393 e. The fourth-order valence-corrected chi connectivity index (χ4v) is 9.62. The van der Waals surface area contributed by atoms with E-state index in [1.165, 1.54) is 64.2 Å². The fraction of sp³-hybridized carbons (Fsp3) is 1.00. The molecule has 0 aromatic heterocycles. The Bertz CT molecular complexity index is 569. The van der Waals surface area contributed by atoms with Crippen LogP contribution in [0.2, 0.25) is 0 Å². The minimum absolute atomic E-state index is 0.0407. The summed E-state index contributed by atoms with van der Waals surface area (Å²) in [6, 6.07) is 0. The molecule has 0 amide bonds. The van der Waals surface area contributed by atoms with Crippen LogP contribution in [-0.2, 0) is 0 Å². The molecule has 0 aromatic carbocycles. The van der Waals surface area contributed by atoms with Crippen molar-refractivity contribution in [2.24, 2.45) is 58.2 Å². The summed E-state index contributed by atoms with van der Waals surface area (Å²) in [4.78, 5) is 0. The highest BCUT2D eigenvalue weighted by Crippen LogP contribution is 2.68. The molecule has 1 N–H and O–H groups in total. The molecule has 0 aliphatic heterocycles. The van der Waals surface area contributed by atoms with E-state index in [4.69, 9.17) is 0 Å². The highest BCUT2D eigenvalue weighted by Gasteiger charge is 2.61. The van der Waals surface area contributed by atoms with Crippen molar-refractivity contribution in [2.45, 2.75) is 118 Å². The molecule has 0 bridgehead atoms. The molecular formula is C28H50O. The van der Waals surface area contributed by atoms with Crippen LogP contribution in [0.25, 0.3) is 0 Å². The SMILES string of the molecule is CC(C)CCC[C@@H](C)[C@H]1CC[C@H]2[C@@H]3CC[C@H]4C[C@H](O)[C@H](C)C[C@]4(C)[C@H]3CC[C@]12C. The second-order valence-electron chi connectivity index (χ2n) is 13.2. The van der Waals surface area contributed by atoms with Gasteiger partial charge in [-0.05, 0) is 110 Å². The molecule has 4 saturated carbocycles. The van der Waals surface area contributed by atoms with Crippen molar-refractivity contribution < 1.29 is 5.11 Å². The predicted octanol–water partition coefficient (Wildman–Crippen LogP) is 7.71. The van der Waals surface area contributed by atoms with Crippen molar-refractivity contribution in [1.82, 2.24) is 0 Å². The first-order valence-electron chi connectivity index (χ1n) is 13.3. The third-order valence-corrected chi connectivity index (χ3v) is 11.2. The van der Waals surface area contributed by atoms with E-state index in [0.717, 1.165) is 47.8 Å². The maximum absolute atomic E-state index is 10.5. The fourth-order valence-electron chi connectivity index (χ4n) is 9.62. The van der Waals surface area contributed by atoms with Crippen molar-refractivity contribution >= 4 is 0 Å². The van der Waals surface area contributed by atoms with Gasteiger partial charge >= 0.3 is 0 Å². The standard InChI is InChI=1S/C28H50O/c1-18(2)8-7-9-19(3)23-12-13-24-22-11-10-21-16-26(29)20(4)17-28(21,6)25(22)14-15-27(23,24)5/h18-26,29H,7-17H2,1-6H3/t19-,20-,21+,22+,23-,24+,25+,26+,27-,28+/m1/s1. The summed E-state index contributed by atoms with van der Waals surface area (Å²) >= 11 is 0. The molecule has 4 aliphatic rings. The molecule has 0 aromatic rings. The smallest absolute Gasteiger partial charge is 0.0568 e. The van der Waals surface area contributed by atoms with E-state index < -0.39 is 0 Å². The average Bonchev–Trinajstić information content (AvgIpc) is 3.00. The van der Waals surface area contributed by atoms with Crippen LogP contribution < -0.4 is 0 Å². The topological polar surface area (TPSA) is 20.2 Å². The van der Waals surface area contributed by atoms with Gasteiger partial charge in [0.2, 0.25) is 0 Å². The third-order valence-electron chi connectivity index (χ3n) is 11.2. The van der Waals surface area contributed by atoms with Crippen LogP contribution in [0.5, 0.6) is 0 Å². The summed E-state index contributed by atoms with van der Waals surface area (Å²) < 4.78 is 0. The lowest BCUT2D eigenvalue weighted by Crippen LogP contribution is -2.55. The lowest BCUT2D eigenvalue weighted by atomic mass is 9.43. The summed E-state index contributed by atoms with van der Waals surface area (Å²) in [6.45, 7) is 15.0. The van der Waals surface area contributed by atoms with Gasteiger partial charge in [-0.2, -0.15) is 0 Å². The Labute approximate surface area is 181 Å². The van der Waals surface area contributed by atoms with Gasteiger partial charge in [0.25, 0.3) is 0 Å². The Morgan fingerprint density at radius 2 is 1.62 bits per heavy atom. The normalized spacial score (nSPS) is 50.7. The summed E-state index contributed by atoms with van der Waals surface area (Å²) in [6.07, 6.45) is 15.4. The van der Waals surface area contributed by atoms with Gasteiger partial charge in [-0.3, -0.25) is 0 Å². The molecule has 4 fully saturated rings. The molecule has 0 spiro atoms. The molecule has 4 aliphatic carbocycles. The van der Waals surface area contributed by atoms with Gasteiger partial charge in [-0.25, -0.2) is 0 Å². The van der Waals surface area contributed by atoms with Gasteiger partial charge in [0.15, 0.2) is 0 Å². The minimum atomic E-state index is -0.0407. The third kappa shape index (κ3) is 3.74. The molecule has 0 heterocycles. The zero-order valence-electron chi connectivity index (χ0n) is 20.4. The zero-order chi connectivity index (χ0) is 21.0. The van der Waals surface area contributed by atoms with E-state index >= 15 is 0 Å². The molecule has 1 heteroatoms. The van der Waals surface area contributed by atoms with Gasteiger partial charge in [0.1, 0.15) is 0 Å². The molecule has 4 rings (SSSR count). The van der Waals surface area contributed by atoms with E-state index in [9.17, 15) is 5.11 Å². The zero-order valence-corrected chi connectivity index (χ0v) is 20.4. The first kappa shape index (κ1) is 22.2. The summed E-state index contributed by atoms with van der Waals surface area (Å²) in [7, 11) is 0. The van der Waals surface area contributed by atoms with Gasteiger partial charge < -0.3 is 5.11 Å². The molecule has 0 radical (unpaired) electrons. The van der Waals surface area contributed by atoms with E-state index in [1.807, 2.05) is 0 Å². The Kier molecular flexibility index (Phi) is 6.22. The average molecular weight is 403 g/mol. The quantitative estimate of drug-likeness (QED) is 0.499. The lowest BCUT2D eigenvalue weighted by Gasteiger charge is -2.62. The molecule has 1 nitrogen and oxygen atoms in total.